The van der Waals surface area contributed by atoms with E-state index >= 15 is 0 Å². The van der Waals surface area contributed by atoms with Crippen LogP contribution < -0.4 is 4.74 Å². The van der Waals surface area contributed by atoms with Gasteiger partial charge in [-0.15, -0.1) is 10.2 Å². The minimum absolute atomic E-state index is 0.517. The van der Waals surface area contributed by atoms with E-state index in [1.54, 1.807) is 7.11 Å². The van der Waals surface area contributed by atoms with E-state index in [0.717, 1.165) is 34.4 Å². The van der Waals surface area contributed by atoms with Gasteiger partial charge in [-0.3, -0.25) is 0 Å². The van der Waals surface area contributed by atoms with Crippen molar-refractivity contribution in [1.29, 1.82) is 0 Å². The molecule has 8 heteroatoms. The maximum absolute atomic E-state index is 5.42. The summed E-state index contributed by atoms with van der Waals surface area (Å²) in [6.07, 6.45) is 0. The maximum Gasteiger partial charge on any atom is 0.237 e. The van der Waals surface area contributed by atoms with E-state index in [-0.39, 0.29) is 0 Å². The van der Waals surface area contributed by atoms with Gasteiger partial charge in [-0.05, 0) is 31.5 Å². The Morgan fingerprint density at radius 3 is 2.76 bits per heavy atom. The number of methoxy groups -OCH3 is 1. The van der Waals surface area contributed by atoms with E-state index in [4.69, 9.17) is 9.26 Å². The van der Waals surface area contributed by atoms with E-state index in [1.807, 2.05) is 36.4 Å². The third kappa shape index (κ3) is 4.02. The highest BCUT2D eigenvalue weighted by atomic mass is 32.2. The molecule has 7 nitrogen and oxygen atoms in total. The lowest BCUT2D eigenvalue weighted by atomic mass is 10.1. The van der Waals surface area contributed by atoms with Crippen molar-refractivity contribution in [1.82, 2.24) is 24.9 Å². The van der Waals surface area contributed by atoms with Gasteiger partial charge in [-0.2, -0.15) is 4.98 Å². The number of hydrogen-bond acceptors (Lipinski definition) is 7. The van der Waals surface area contributed by atoms with Crippen molar-refractivity contribution in [2.24, 2.45) is 0 Å². The Bertz CT molecular complexity index is 1120. The Morgan fingerprint density at radius 2 is 1.97 bits per heavy atom. The van der Waals surface area contributed by atoms with Gasteiger partial charge in [0, 0.05) is 17.7 Å². The highest BCUT2D eigenvalue weighted by molar-refractivity contribution is 7.98. The Labute approximate surface area is 173 Å². The quantitative estimate of drug-likeness (QED) is 0.413. The summed E-state index contributed by atoms with van der Waals surface area (Å²) in [6, 6.07) is 15.8. The van der Waals surface area contributed by atoms with Crippen LogP contribution in [-0.2, 0) is 12.3 Å². The number of nitrogens with zero attached hydrogens (tertiary/aromatic N) is 5. The first-order valence-corrected chi connectivity index (χ1v) is 10.3. The first-order valence-electron chi connectivity index (χ1n) is 9.28. The molecule has 0 saturated heterocycles. The van der Waals surface area contributed by atoms with E-state index in [1.165, 1.54) is 17.3 Å². The van der Waals surface area contributed by atoms with Crippen molar-refractivity contribution < 1.29 is 9.26 Å². The second-order valence-electron chi connectivity index (χ2n) is 6.40. The van der Waals surface area contributed by atoms with Crippen LogP contribution in [-0.4, -0.2) is 32.0 Å². The van der Waals surface area contributed by atoms with Crippen molar-refractivity contribution in [2.75, 3.05) is 7.11 Å². The third-order valence-corrected chi connectivity index (χ3v) is 5.49. The number of hydrogen-bond donors (Lipinski definition) is 0. The highest BCUT2D eigenvalue weighted by Gasteiger charge is 2.16. The molecule has 29 heavy (non-hydrogen) atoms. The van der Waals surface area contributed by atoms with Gasteiger partial charge in [0.15, 0.2) is 11.0 Å². The van der Waals surface area contributed by atoms with Crippen molar-refractivity contribution in [2.45, 2.75) is 31.3 Å². The molecule has 0 fully saturated rings. The molecule has 2 heterocycles. The summed E-state index contributed by atoms with van der Waals surface area (Å²) in [5.74, 6) is 3.22. The van der Waals surface area contributed by atoms with Gasteiger partial charge in [0.2, 0.25) is 11.7 Å². The monoisotopic (exact) mass is 407 g/mol. The van der Waals surface area contributed by atoms with Crippen LogP contribution in [0.25, 0.3) is 22.8 Å². The summed E-state index contributed by atoms with van der Waals surface area (Å²) < 4.78 is 12.8. The molecule has 0 aliphatic rings. The Hall–Kier alpha value is -3.13. The number of benzene rings is 2. The first kappa shape index (κ1) is 19.2. The Kier molecular flexibility index (Phi) is 5.62. The van der Waals surface area contributed by atoms with Crippen LogP contribution in [0, 0.1) is 6.92 Å². The summed E-state index contributed by atoms with van der Waals surface area (Å²) in [4.78, 5) is 4.49. The number of rotatable bonds is 7. The molecule has 0 radical (unpaired) electrons. The molecule has 0 N–H and O–H groups in total. The Morgan fingerprint density at radius 1 is 1.10 bits per heavy atom. The van der Waals surface area contributed by atoms with E-state index in [0.29, 0.717) is 17.5 Å². The highest BCUT2D eigenvalue weighted by Crippen LogP contribution is 2.28. The largest absolute Gasteiger partial charge is 0.497 e. The maximum atomic E-state index is 5.42. The minimum Gasteiger partial charge on any atom is -0.497 e. The fourth-order valence-corrected chi connectivity index (χ4v) is 3.86. The van der Waals surface area contributed by atoms with Crippen LogP contribution in [0.1, 0.15) is 18.4 Å². The molecule has 2 aromatic heterocycles. The summed E-state index contributed by atoms with van der Waals surface area (Å²) in [5, 5.41) is 13.7. The Balaban J connectivity index is 1.51. The van der Waals surface area contributed by atoms with Crippen molar-refractivity contribution in [3.05, 3.63) is 60.0 Å². The second kappa shape index (κ2) is 8.48. The molecule has 2 aromatic carbocycles. The van der Waals surface area contributed by atoms with Gasteiger partial charge >= 0.3 is 0 Å². The number of ether oxygens (including phenoxy) is 1. The van der Waals surface area contributed by atoms with Crippen LogP contribution in [0.5, 0.6) is 5.75 Å². The number of aromatic nitrogens is 5. The summed E-state index contributed by atoms with van der Waals surface area (Å²) in [6.45, 7) is 4.94. The van der Waals surface area contributed by atoms with Gasteiger partial charge in [-0.25, -0.2) is 0 Å². The zero-order valence-electron chi connectivity index (χ0n) is 16.5. The standard InChI is InChI=1S/C21H21N5O2S/c1-4-26-20(17-11-6-5-8-14(17)2)23-24-21(26)29-13-18-22-19(25-28-18)15-9-7-10-16(12-15)27-3/h5-12H,4,13H2,1-3H3. The molecule has 0 unspecified atom stereocenters. The predicted molar refractivity (Wildman–Crippen MR) is 112 cm³/mol. The van der Waals surface area contributed by atoms with E-state index in [2.05, 4.69) is 50.9 Å². The summed E-state index contributed by atoms with van der Waals surface area (Å²) in [7, 11) is 1.63. The fraction of sp³-hybridized carbons (Fsp3) is 0.238. The van der Waals surface area contributed by atoms with Gasteiger partial charge in [-0.1, -0.05) is 53.3 Å². The third-order valence-electron chi connectivity index (χ3n) is 4.54. The molecule has 0 bridgehead atoms. The zero-order chi connectivity index (χ0) is 20.2. The van der Waals surface area contributed by atoms with Gasteiger partial charge in [0.05, 0.1) is 12.9 Å². The zero-order valence-corrected chi connectivity index (χ0v) is 17.3. The van der Waals surface area contributed by atoms with E-state index < -0.39 is 0 Å². The topological polar surface area (TPSA) is 78.9 Å². The molecule has 4 aromatic rings. The van der Waals surface area contributed by atoms with Crippen LogP contribution in [0.15, 0.2) is 58.2 Å². The van der Waals surface area contributed by atoms with Crippen LogP contribution in [0.3, 0.4) is 0 Å². The molecule has 0 aliphatic carbocycles. The molecule has 0 saturated carbocycles. The number of thioether (sulfide) groups is 1. The van der Waals surface area contributed by atoms with Crippen molar-refractivity contribution in [3.8, 4) is 28.5 Å². The van der Waals surface area contributed by atoms with Crippen molar-refractivity contribution in [3.63, 3.8) is 0 Å². The lowest BCUT2D eigenvalue weighted by Gasteiger charge is -2.08. The molecule has 0 amide bonds. The fourth-order valence-electron chi connectivity index (χ4n) is 3.02. The average Bonchev–Trinajstić information content (AvgIpc) is 3.39. The first-order chi connectivity index (χ1) is 14.2. The van der Waals surface area contributed by atoms with E-state index in [9.17, 15) is 0 Å². The van der Waals surface area contributed by atoms with Gasteiger partial charge < -0.3 is 13.8 Å². The van der Waals surface area contributed by atoms with Crippen LogP contribution >= 0.6 is 11.8 Å². The summed E-state index contributed by atoms with van der Waals surface area (Å²) >= 11 is 1.53. The normalized spacial score (nSPS) is 11.0. The van der Waals surface area contributed by atoms with Crippen LogP contribution in [0.2, 0.25) is 0 Å². The molecular formula is C21H21N5O2S. The average molecular weight is 407 g/mol. The predicted octanol–water partition coefficient (Wildman–Crippen LogP) is 4.62. The second-order valence-corrected chi connectivity index (χ2v) is 7.34. The van der Waals surface area contributed by atoms with Crippen LogP contribution in [0.4, 0.5) is 0 Å². The molecule has 148 valence electrons. The number of aryl methyl sites for hydroxylation is 1. The minimum atomic E-state index is 0.517. The molecule has 0 atom stereocenters. The SMILES string of the molecule is CCn1c(SCc2nc(-c3cccc(OC)c3)no2)nnc1-c1ccccc1C. The molecule has 0 spiro atoms. The lowest BCUT2D eigenvalue weighted by molar-refractivity contribution is 0.391. The molecule has 0 aliphatic heterocycles. The smallest absolute Gasteiger partial charge is 0.237 e. The van der Waals surface area contributed by atoms with Crippen molar-refractivity contribution >= 4 is 11.8 Å². The molecular weight excluding hydrogens is 386 g/mol. The summed E-state index contributed by atoms with van der Waals surface area (Å²) in [5.41, 5.74) is 3.11. The lowest BCUT2D eigenvalue weighted by Crippen LogP contribution is -2.00. The van der Waals surface area contributed by atoms with Gasteiger partial charge in [0.1, 0.15) is 5.75 Å². The van der Waals surface area contributed by atoms with Gasteiger partial charge in [0.25, 0.3) is 0 Å². The molecule has 4 rings (SSSR count).